The van der Waals surface area contributed by atoms with Gasteiger partial charge in [0, 0.05) is 11.1 Å². The predicted octanol–water partition coefficient (Wildman–Crippen LogP) is 4.84. The first kappa shape index (κ1) is 14.4. The smallest absolute Gasteiger partial charge is 0.138 e. The molecule has 0 saturated heterocycles. The van der Waals surface area contributed by atoms with Crippen molar-refractivity contribution >= 4 is 45.6 Å². The second-order valence-corrected chi connectivity index (χ2v) is 5.81. The monoisotopic (exact) mass is 390 g/mol. The molecule has 0 aliphatic heterocycles. The predicted molar refractivity (Wildman–Crippen MR) is 87.0 cm³/mol. The molecule has 1 atom stereocenters. The second kappa shape index (κ2) is 5.96. The van der Waals surface area contributed by atoms with Gasteiger partial charge in [-0.05, 0) is 47.2 Å². The number of hydrogen-bond acceptors (Lipinski definition) is 2. The summed E-state index contributed by atoms with van der Waals surface area (Å²) in [5, 5.41) is 3.86. The Morgan fingerprint density at radius 1 is 1.32 bits per heavy atom. The van der Waals surface area contributed by atoms with Crippen molar-refractivity contribution in [3.8, 4) is 0 Å². The van der Waals surface area contributed by atoms with E-state index in [1.807, 2.05) is 53.8 Å². The lowest BCUT2D eigenvalue weighted by atomic mass is 10.1. The average molecular weight is 391 g/mol. The maximum absolute atomic E-state index is 13.6. The highest BCUT2D eigenvalue weighted by Gasteiger charge is 2.12. The van der Waals surface area contributed by atoms with Crippen LogP contribution in [0.25, 0.3) is 0 Å². The molecule has 0 aromatic heterocycles. The Morgan fingerprint density at radius 3 is 2.68 bits per heavy atom. The van der Waals surface area contributed by atoms with Crippen LogP contribution in [0.15, 0.2) is 36.4 Å². The van der Waals surface area contributed by atoms with Crippen LogP contribution < -0.4 is 11.1 Å². The van der Waals surface area contributed by atoms with Crippen molar-refractivity contribution in [3.05, 3.63) is 56.4 Å². The number of nitrogens with one attached hydrogen (secondary N) is 1. The Bertz CT molecular complexity index is 604. The minimum Gasteiger partial charge on any atom is -0.397 e. The molecule has 19 heavy (non-hydrogen) atoms. The van der Waals surface area contributed by atoms with Gasteiger partial charge in [-0.15, -0.1) is 0 Å². The summed E-state index contributed by atoms with van der Waals surface area (Å²) >= 11 is 8.05. The SMILES string of the molecule is CC(Nc1cc(F)c(I)cc1N)c1ccccc1Cl. The van der Waals surface area contributed by atoms with Gasteiger partial charge in [-0.1, -0.05) is 29.8 Å². The van der Waals surface area contributed by atoms with E-state index in [0.29, 0.717) is 20.0 Å². The highest BCUT2D eigenvalue weighted by Crippen LogP contribution is 2.30. The highest BCUT2D eigenvalue weighted by atomic mass is 127. The van der Waals surface area contributed by atoms with Crippen LogP contribution in [0.3, 0.4) is 0 Å². The largest absolute Gasteiger partial charge is 0.397 e. The number of benzene rings is 2. The van der Waals surface area contributed by atoms with E-state index in [-0.39, 0.29) is 11.9 Å². The van der Waals surface area contributed by atoms with Crippen LogP contribution >= 0.6 is 34.2 Å². The molecule has 2 rings (SSSR count). The standard InChI is InChI=1S/C14H13ClFIN2/c1-8(9-4-2-3-5-10(9)15)19-14-6-11(16)12(17)7-13(14)18/h2-8,19H,18H2,1H3. The Morgan fingerprint density at radius 2 is 2.00 bits per heavy atom. The Labute approximate surface area is 130 Å². The molecule has 0 fully saturated rings. The molecule has 3 N–H and O–H groups in total. The van der Waals surface area contributed by atoms with E-state index in [1.54, 1.807) is 6.07 Å². The quantitative estimate of drug-likeness (QED) is 0.581. The van der Waals surface area contributed by atoms with Gasteiger partial charge in [0.2, 0.25) is 0 Å². The zero-order valence-corrected chi connectivity index (χ0v) is 13.2. The fourth-order valence-corrected chi connectivity index (χ4v) is 2.62. The second-order valence-electron chi connectivity index (χ2n) is 4.24. The van der Waals surface area contributed by atoms with E-state index in [9.17, 15) is 4.39 Å². The minimum absolute atomic E-state index is 0.0598. The lowest BCUT2D eigenvalue weighted by Gasteiger charge is -2.18. The van der Waals surface area contributed by atoms with Gasteiger partial charge in [-0.3, -0.25) is 0 Å². The highest BCUT2D eigenvalue weighted by molar-refractivity contribution is 14.1. The average Bonchev–Trinajstić information content (AvgIpc) is 2.36. The summed E-state index contributed by atoms with van der Waals surface area (Å²) < 4.78 is 14.1. The summed E-state index contributed by atoms with van der Waals surface area (Å²) in [6.45, 7) is 1.95. The molecule has 0 aliphatic rings. The molecule has 100 valence electrons. The summed E-state index contributed by atoms with van der Waals surface area (Å²) in [4.78, 5) is 0. The summed E-state index contributed by atoms with van der Waals surface area (Å²) in [7, 11) is 0. The van der Waals surface area contributed by atoms with Crippen molar-refractivity contribution in [2.75, 3.05) is 11.1 Å². The topological polar surface area (TPSA) is 38.0 Å². The van der Waals surface area contributed by atoms with Crippen LogP contribution in [0.1, 0.15) is 18.5 Å². The van der Waals surface area contributed by atoms with E-state index in [1.165, 1.54) is 6.07 Å². The number of halogens is 3. The molecule has 0 spiro atoms. The third kappa shape index (κ3) is 3.30. The first-order valence-corrected chi connectivity index (χ1v) is 7.20. The molecule has 5 heteroatoms. The van der Waals surface area contributed by atoms with E-state index in [2.05, 4.69) is 5.32 Å². The Balaban J connectivity index is 2.27. The summed E-state index contributed by atoms with van der Waals surface area (Å²) in [5.74, 6) is -0.288. The van der Waals surface area contributed by atoms with Gasteiger partial charge in [0.15, 0.2) is 0 Å². The van der Waals surface area contributed by atoms with E-state index < -0.39 is 0 Å². The molecule has 1 unspecified atom stereocenters. The molecule has 2 nitrogen and oxygen atoms in total. The summed E-state index contributed by atoms with van der Waals surface area (Å²) in [6, 6.07) is 10.5. The van der Waals surface area contributed by atoms with E-state index in [4.69, 9.17) is 17.3 Å². The first-order chi connectivity index (χ1) is 8.99. The molecular formula is C14H13ClFIN2. The van der Waals surface area contributed by atoms with Gasteiger partial charge in [0.05, 0.1) is 21.0 Å². The normalized spacial score (nSPS) is 12.2. The van der Waals surface area contributed by atoms with E-state index >= 15 is 0 Å². The fourth-order valence-electron chi connectivity index (χ4n) is 1.82. The van der Waals surface area contributed by atoms with Crippen molar-refractivity contribution in [3.63, 3.8) is 0 Å². The van der Waals surface area contributed by atoms with Gasteiger partial charge < -0.3 is 11.1 Å². The molecule has 0 bridgehead atoms. The summed E-state index contributed by atoms with van der Waals surface area (Å²) in [5.41, 5.74) is 7.93. The van der Waals surface area contributed by atoms with Crippen LogP contribution in [-0.4, -0.2) is 0 Å². The van der Waals surface area contributed by atoms with Crippen molar-refractivity contribution in [2.45, 2.75) is 13.0 Å². The molecule has 0 heterocycles. The third-order valence-electron chi connectivity index (χ3n) is 2.84. The van der Waals surface area contributed by atoms with Gasteiger partial charge in [-0.2, -0.15) is 0 Å². The summed E-state index contributed by atoms with van der Waals surface area (Å²) in [6.07, 6.45) is 0. The Hall–Kier alpha value is -1.01. The van der Waals surface area contributed by atoms with E-state index in [0.717, 1.165) is 5.56 Å². The molecule has 0 amide bonds. The Kier molecular flexibility index (Phi) is 4.52. The third-order valence-corrected chi connectivity index (χ3v) is 4.01. The molecule has 0 saturated carbocycles. The van der Waals surface area contributed by atoms with Gasteiger partial charge >= 0.3 is 0 Å². The number of hydrogen-bond donors (Lipinski definition) is 2. The number of anilines is 2. The molecule has 0 radical (unpaired) electrons. The van der Waals surface area contributed by atoms with Crippen LogP contribution in [0.2, 0.25) is 5.02 Å². The maximum Gasteiger partial charge on any atom is 0.138 e. The van der Waals surface area contributed by atoms with Crippen LogP contribution in [-0.2, 0) is 0 Å². The molecule has 0 aliphatic carbocycles. The fraction of sp³-hybridized carbons (Fsp3) is 0.143. The van der Waals surface area contributed by atoms with Crippen LogP contribution in [0, 0.1) is 9.39 Å². The number of nitrogens with two attached hydrogens (primary N) is 1. The van der Waals surface area contributed by atoms with Crippen molar-refractivity contribution in [1.29, 1.82) is 0 Å². The lowest BCUT2D eigenvalue weighted by molar-refractivity contribution is 0.620. The zero-order valence-electron chi connectivity index (χ0n) is 10.3. The number of rotatable bonds is 3. The van der Waals surface area contributed by atoms with Crippen LogP contribution in [0.4, 0.5) is 15.8 Å². The van der Waals surface area contributed by atoms with Crippen LogP contribution in [0.5, 0.6) is 0 Å². The zero-order chi connectivity index (χ0) is 14.0. The maximum atomic E-state index is 13.6. The first-order valence-electron chi connectivity index (χ1n) is 5.74. The van der Waals surface area contributed by atoms with Gasteiger partial charge in [0.1, 0.15) is 5.82 Å². The molecule has 2 aromatic rings. The van der Waals surface area contributed by atoms with Crippen molar-refractivity contribution < 1.29 is 4.39 Å². The lowest BCUT2D eigenvalue weighted by Crippen LogP contribution is -2.09. The minimum atomic E-state index is -0.288. The van der Waals surface area contributed by atoms with Gasteiger partial charge in [-0.25, -0.2) is 4.39 Å². The van der Waals surface area contributed by atoms with Gasteiger partial charge in [0.25, 0.3) is 0 Å². The van der Waals surface area contributed by atoms with Crippen molar-refractivity contribution in [2.24, 2.45) is 0 Å². The molecule has 2 aromatic carbocycles. The number of nitrogen functional groups attached to an aromatic ring is 1. The van der Waals surface area contributed by atoms with Crippen molar-refractivity contribution in [1.82, 2.24) is 0 Å². The molecular weight excluding hydrogens is 378 g/mol.